The van der Waals surface area contributed by atoms with Crippen molar-refractivity contribution in [3.05, 3.63) is 23.5 Å². The standard InChI is InChI=1S/C12H18FN3O/c1-8(2)16-9(3)14-7-10(16)6-11(13)12(17)15(4)5/h6-8H,1-5H3. The van der Waals surface area contributed by atoms with Crippen molar-refractivity contribution in [2.45, 2.75) is 26.8 Å². The molecule has 0 spiro atoms. The lowest BCUT2D eigenvalue weighted by atomic mass is 10.3. The summed E-state index contributed by atoms with van der Waals surface area (Å²) in [5.74, 6) is -0.618. The number of nitrogens with zero attached hydrogens (tertiary/aromatic N) is 3. The Morgan fingerprint density at radius 3 is 2.59 bits per heavy atom. The summed E-state index contributed by atoms with van der Waals surface area (Å²) in [6.45, 7) is 5.82. The summed E-state index contributed by atoms with van der Waals surface area (Å²) in [6.07, 6.45) is 2.79. The second-order valence-corrected chi connectivity index (χ2v) is 4.39. The quantitative estimate of drug-likeness (QED) is 0.758. The van der Waals surface area contributed by atoms with Crippen LogP contribution in [0.2, 0.25) is 0 Å². The van der Waals surface area contributed by atoms with Crippen LogP contribution in [0.5, 0.6) is 0 Å². The predicted octanol–water partition coefficient (Wildman–Crippen LogP) is 2.17. The molecule has 0 saturated carbocycles. The molecule has 0 aliphatic rings. The summed E-state index contributed by atoms with van der Waals surface area (Å²) in [7, 11) is 3.03. The van der Waals surface area contributed by atoms with Crippen LogP contribution in [-0.2, 0) is 4.79 Å². The van der Waals surface area contributed by atoms with Crippen LogP contribution in [0.4, 0.5) is 4.39 Å². The number of hydrogen-bond donors (Lipinski definition) is 0. The molecule has 17 heavy (non-hydrogen) atoms. The fourth-order valence-corrected chi connectivity index (χ4v) is 1.65. The first kappa shape index (κ1) is 13.4. The first-order chi connectivity index (χ1) is 7.84. The van der Waals surface area contributed by atoms with Crippen LogP contribution in [0.3, 0.4) is 0 Å². The molecule has 4 nitrogen and oxygen atoms in total. The molecular formula is C12H18FN3O. The zero-order valence-electron chi connectivity index (χ0n) is 10.9. The van der Waals surface area contributed by atoms with Gasteiger partial charge in [-0.3, -0.25) is 4.79 Å². The number of likely N-dealkylation sites (N-methyl/N-ethyl adjacent to an activating group) is 1. The highest BCUT2D eigenvalue weighted by Gasteiger charge is 2.14. The number of hydrogen-bond acceptors (Lipinski definition) is 2. The number of halogens is 1. The molecule has 0 aromatic carbocycles. The lowest BCUT2D eigenvalue weighted by molar-refractivity contribution is -0.126. The molecule has 0 saturated heterocycles. The summed E-state index contributed by atoms with van der Waals surface area (Å²) in [5, 5.41) is 0. The average Bonchev–Trinajstić information content (AvgIpc) is 2.58. The molecule has 1 aromatic rings. The smallest absolute Gasteiger partial charge is 0.282 e. The van der Waals surface area contributed by atoms with E-state index in [2.05, 4.69) is 4.98 Å². The van der Waals surface area contributed by atoms with E-state index in [4.69, 9.17) is 0 Å². The maximum absolute atomic E-state index is 13.6. The van der Waals surface area contributed by atoms with Crippen molar-refractivity contribution in [3.8, 4) is 0 Å². The van der Waals surface area contributed by atoms with Gasteiger partial charge in [0.2, 0.25) is 0 Å². The second-order valence-electron chi connectivity index (χ2n) is 4.39. The highest BCUT2D eigenvalue weighted by atomic mass is 19.1. The number of carbonyl (C=O) groups excluding carboxylic acids is 1. The molecule has 94 valence electrons. The Labute approximate surface area is 101 Å². The number of amides is 1. The highest BCUT2D eigenvalue weighted by molar-refractivity contribution is 5.95. The van der Waals surface area contributed by atoms with E-state index >= 15 is 0 Å². The molecular weight excluding hydrogens is 221 g/mol. The van der Waals surface area contributed by atoms with Crippen molar-refractivity contribution in [1.29, 1.82) is 0 Å². The van der Waals surface area contributed by atoms with Crippen LogP contribution in [0.25, 0.3) is 6.08 Å². The summed E-state index contributed by atoms with van der Waals surface area (Å²) >= 11 is 0. The minimum atomic E-state index is -0.781. The Bertz CT molecular complexity index is 447. The van der Waals surface area contributed by atoms with Crippen LogP contribution in [0.1, 0.15) is 31.4 Å². The Morgan fingerprint density at radius 2 is 2.12 bits per heavy atom. The van der Waals surface area contributed by atoms with Gasteiger partial charge in [0.25, 0.3) is 5.91 Å². The second kappa shape index (κ2) is 5.12. The summed E-state index contributed by atoms with van der Waals surface area (Å²) in [4.78, 5) is 16.7. The zero-order chi connectivity index (χ0) is 13.2. The first-order valence-electron chi connectivity index (χ1n) is 5.47. The van der Waals surface area contributed by atoms with Crippen LogP contribution in [-0.4, -0.2) is 34.5 Å². The van der Waals surface area contributed by atoms with Crippen molar-refractivity contribution in [1.82, 2.24) is 14.5 Å². The van der Waals surface area contributed by atoms with E-state index in [0.29, 0.717) is 5.69 Å². The molecule has 5 heteroatoms. The monoisotopic (exact) mass is 239 g/mol. The van der Waals surface area contributed by atoms with E-state index in [1.807, 2.05) is 25.3 Å². The van der Waals surface area contributed by atoms with E-state index in [0.717, 1.165) is 5.82 Å². The van der Waals surface area contributed by atoms with Crippen LogP contribution in [0, 0.1) is 6.92 Å². The van der Waals surface area contributed by atoms with E-state index in [9.17, 15) is 9.18 Å². The van der Waals surface area contributed by atoms with Crippen molar-refractivity contribution in [3.63, 3.8) is 0 Å². The van der Waals surface area contributed by atoms with Crippen LogP contribution >= 0.6 is 0 Å². The maximum atomic E-state index is 13.6. The van der Waals surface area contributed by atoms with Crippen molar-refractivity contribution >= 4 is 12.0 Å². The third-order valence-electron chi connectivity index (χ3n) is 2.41. The van der Waals surface area contributed by atoms with Gasteiger partial charge >= 0.3 is 0 Å². The predicted molar refractivity (Wildman–Crippen MR) is 65.1 cm³/mol. The molecule has 1 rings (SSSR count). The van der Waals surface area contributed by atoms with E-state index in [1.165, 1.54) is 25.1 Å². The molecule has 0 unspecified atom stereocenters. The van der Waals surface area contributed by atoms with Crippen molar-refractivity contribution in [2.24, 2.45) is 0 Å². The summed E-state index contributed by atoms with van der Waals surface area (Å²) in [6, 6.07) is 0.172. The lowest BCUT2D eigenvalue weighted by Crippen LogP contribution is -2.21. The largest absolute Gasteiger partial charge is 0.343 e. The van der Waals surface area contributed by atoms with Gasteiger partial charge in [0, 0.05) is 26.2 Å². The minimum absolute atomic E-state index is 0.172. The molecule has 0 N–H and O–H groups in total. The number of aromatic nitrogens is 2. The molecule has 0 radical (unpaired) electrons. The van der Waals surface area contributed by atoms with Gasteiger partial charge in [-0.25, -0.2) is 9.37 Å². The molecule has 1 aromatic heterocycles. The average molecular weight is 239 g/mol. The molecule has 1 amide bonds. The van der Waals surface area contributed by atoms with E-state index in [-0.39, 0.29) is 6.04 Å². The van der Waals surface area contributed by atoms with Gasteiger partial charge in [-0.05, 0) is 20.8 Å². The third-order valence-corrected chi connectivity index (χ3v) is 2.41. The van der Waals surface area contributed by atoms with Gasteiger partial charge in [-0.1, -0.05) is 0 Å². The van der Waals surface area contributed by atoms with E-state index in [1.54, 1.807) is 6.20 Å². The van der Waals surface area contributed by atoms with E-state index < -0.39 is 11.7 Å². The van der Waals surface area contributed by atoms with Gasteiger partial charge < -0.3 is 9.47 Å². The van der Waals surface area contributed by atoms with Crippen LogP contribution < -0.4 is 0 Å². The normalized spacial score (nSPS) is 12.1. The molecule has 0 aliphatic carbocycles. The van der Waals surface area contributed by atoms with Crippen molar-refractivity contribution < 1.29 is 9.18 Å². The Kier molecular flexibility index (Phi) is 4.04. The zero-order valence-corrected chi connectivity index (χ0v) is 10.9. The van der Waals surface area contributed by atoms with Crippen molar-refractivity contribution in [2.75, 3.05) is 14.1 Å². The Morgan fingerprint density at radius 1 is 1.53 bits per heavy atom. The van der Waals surface area contributed by atoms with Crippen LogP contribution in [0.15, 0.2) is 12.0 Å². The molecule has 0 bridgehead atoms. The van der Waals surface area contributed by atoms with Gasteiger partial charge in [-0.2, -0.15) is 0 Å². The Hall–Kier alpha value is -1.65. The van der Waals surface area contributed by atoms with Gasteiger partial charge in [0.15, 0.2) is 5.83 Å². The number of carbonyl (C=O) groups is 1. The molecule has 1 heterocycles. The van der Waals surface area contributed by atoms with Gasteiger partial charge in [-0.15, -0.1) is 0 Å². The fourth-order valence-electron chi connectivity index (χ4n) is 1.65. The van der Waals surface area contributed by atoms with Gasteiger partial charge in [0.1, 0.15) is 5.82 Å². The SMILES string of the molecule is Cc1ncc(C=C(F)C(=O)N(C)C)n1C(C)C. The summed E-state index contributed by atoms with van der Waals surface area (Å²) in [5.41, 5.74) is 0.602. The van der Waals surface area contributed by atoms with Gasteiger partial charge in [0.05, 0.1) is 11.9 Å². The maximum Gasteiger partial charge on any atom is 0.282 e. The Balaban J connectivity index is 3.10. The summed E-state index contributed by atoms with van der Waals surface area (Å²) < 4.78 is 15.5. The molecule has 0 atom stereocenters. The number of imidazole rings is 1. The molecule has 0 fully saturated rings. The number of aryl methyl sites for hydroxylation is 1. The minimum Gasteiger partial charge on any atom is -0.343 e. The molecule has 0 aliphatic heterocycles. The third kappa shape index (κ3) is 2.93. The lowest BCUT2D eigenvalue weighted by Gasteiger charge is -2.12. The fraction of sp³-hybridized carbons (Fsp3) is 0.500. The topological polar surface area (TPSA) is 38.1 Å². The number of rotatable bonds is 3. The highest BCUT2D eigenvalue weighted by Crippen LogP contribution is 2.17. The first-order valence-corrected chi connectivity index (χ1v) is 5.47.